The first-order valence-electron chi connectivity index (χ1n) is 3.97. The van der Waals surface area contributed by atoms with E-state index >= 15 is 0 Å². The first-order valence-corrected chi connectivity index (χ1v) is 3.97. The summed E-state index contributed by atoms with van der Waals surface area (Å²) in [6.07, 6.45) is 5.18. The van der Waals surface area contributed by atoms with Gasteiger partial charge in [0.2, 0.25) is 0 Å². The van der Waals surface area contributed by atoms with Gasteiger partial charge in [-0.05, 0) is 12.0 Å². The molecule has 2 amide bonds. The molecule has 1 radical (unpaired) electrons. The molecule has 1 aliphatic rings. The average Bonchev–Trinajstić information content (AvgIpc) is 2.07. The van der Waals surface area contributed by atoms with Crippen LogP contribution in [0.4, 0.5) is 4.79 Å². The van der Waals surface area contributed by atoms with E-state index in [1.807, 2.05) is 0 Å². The summed E-state index contributed by atoms with van der Waals surface area (Å²) in [6.45, 7) is 5.96. The van der Waals surface area contributed by atoms with Gasteiger partial charge < -0.3 is 16.8 Å². The monoisotopic (exact) mass is 254 g/mol. The van der Waals surface area contributed by atoms with E-state index in [9.17, 15) is 4.79 Å². The maximum absolute atomic E-state index is 11.0. The van der Waals surface area contributed by atoms with Gasteiger partial charge in [-0.25, -0.2) is 4.79 Å². The van der Waals surface area contributed by atoms with E-state index in [1.165, 1.54) is 5.57 Å². The zero-order chi connectivity index (χ0) is 8.97. The Morgan fingerprint density at radius 1 is 1.77 bits per heavy atom. The molecule has 13 heavy (non-hydrogen) atoms. The van der Waals surface area contributed by atoms with Gasteiger partial charge in [-0.2, -0.15) is 0 Å². The van der Waals surface area contributed by atoms with Gasteiger partial charge in [0.15, 0.2) is 0 Å². The Morgan fingerprint density at radius 3 is 3.00 bits per heavy atom. The number of hydrogen-bond donors (Lipinski definition) is 1. The molecule has 0 saturated carbocycles. The molecular weight excluding hydrogens is 241 g/mol. The molecule has 4 heteroatoms. The van der Waals surface area contributed by atoms with E-state index in [0.29, 0.717) is 6.54 Å². The number of nitrogens with one attached hydrogen (secondary N) is 1. The van der Waals surface area contributed by atoms with E-state index in [0.717, 1.165) is 12.8 Å². The Labute approximate surface area is 104 Å². The predicted molar refractivity (Wildman–Crippen MR) is 47.3 cm³/mol. The molecular formula is C9H13N2OY-. The first-order chi connectivity index (χ1) is 5.74. The van der Waals surface area contributed by atoms with Crippen LogP contribution in [0, 0.1) is 6.58 Å². The summed E-state index contributed by atoms with van der Waals surface area (Å²) in [7, 11) is 1.77. The van der Waals surface area contributed by atoms with Gasteiger partial charge in [-0.15, -0.1) is 0 Å². The SMILES string of the molecule is [CH-]=CCCC1=CNC(=O)N(C)C1.[Y]. The van der Waals surface area contributed by atoms with Crippen molar-refractivity contribution in [2.24, 2.45) is 0 Å². The molecule has 0 bridgehead atoms. The minimum absolute atomic E-state index is 0. The van der Waals surface area contributed by atoms with E-state index < -0.39 is 0 Å². The molecule has 69 valence electrons. The number of allylic oxidation sites excluding steroid dienone is 1. The fourth-order valence-corrected chi connectivity index (χ4v) is 1.12. The van der Waals surface area contributed by atoms with E-state index in [2.05, 4.69) is 5.32 Å². The zero-order valence-electron chi connectivity index (χ0n) is 7.79. The largest absolute Gasteiger partial charge is 0.518 e. The molecule has 3 nitrogen and oxygen atoms in total. The normalized spacial score (nSPS) is 15.6. The second-order valence-corrected chi connectivity index (χ2v) is 2.88. The summed E-state index contributed by atoms with van der Waals surface area (Å²) in [4.78, 5) is 12.6. The maximum Gasteiger partial charge on any atom is 0.321 e. The van der Waals surface area contributed by atoms with Crippen LogP contribution in [0.25, 0.3) is 0 Å². The number of carbonyl (C=O) groups is 1. The number of rotatable bonds is 3. The van der Waals surface area contributed by atoms with Gasteiger partial charge in [0.05, 0.1) is 0 Å². The topological polar surface area (TPSA) is 32.3 Å². The molecule has 0 aromatic carbocycles. The van der Waals surface area contributed by atoms with E-state index in [1.54, 1.807) is 24.2 Å². The Kier molecular flexibility index (Phi) is 6.26. The Bertz CT molecular complexity index is 226. The van der Waals surface area contributed by atoms with Gasteiger partial charge in [-0.1, -0.05) is 6.42 Å². The molecule has 0 spiro atoms. The third kappa shape index (κ3) is 4.05. The first kappa shape index (κ1) is 12.9. The number of nitrogens with zero attached hydrogens (tertiary/aromatic N) is 1. The van der Waals surface area contributed by atoms with Crippen molar-refractivity contribution >= 4 is 6.03 Å². The summed E-state index contributed by atoms with van der Waals surface area (Å²) < 4.78 is 0. The molecule has 0 aromatic rings. The summed E-state index contributed by atoms with van der Waals surface area (Å²) in [5.41, 5.74) is 1.21. The van der Waals surface area contributed by atoms with Crippen molar-refractivity contribution < 1.29 is 37.5 Å². The molecule has 1 N–H and O–H groups in total. The van der Waals surface area contributed by atoms with Crippen molar-refractivity contribution in [3.63, 3.8) is 0 Å². The Hall–Kier alpha value is -0.146. The third-order valence-corrected chi connectivity index (χ3v) is 1.82. The Morgan fingerprint density at radius 2 is 2.46 bits per heavy atom. The van der Waals surface area contributed by atoms with Crippen LogP contribution < -0.4 is 5.32 Å². The van der Waals surface area contributed by atoms with Crippen LogP contribution in [0.2, 0.25) is 0 Å². The van der Waals surface area contributed by atoms with Crippen LogP contribution in [-0.4, -0.2) is 24.5 Å². The van der Waals surface area contributed by atoms with Crippen molar-refractivity contribution in [1.82, 2.24) is 10.2 Å². The quantitative estimate of drug-likeness (QED) is 0.756. The molecule has 0 aromatic heterocycles. The molecule has 1 heterocycles. The standard InChI is InChI=1S/C9H13N2O.Y/c1-3-4-5-8-6-10-9(12)11(2)7-8;/h1,3,6H,4-5,7H2,2H3,(H,10,12);/q-1;. The summed E-state index contributed by atoms with van der Waals surface area (Å²) in [5, 5.41) is 2.66. The number of urea groups is 1. The maximum atomic E-state index is 11.0. The van der Waals surface area contributed by atoms with Crippen LogP contribution in [0.1, 0.15) is 12.8 Å². The number of amides is 2. The van der Waals surface area contributed by atoms with Gasteiger partial charge in [0, 0.05) is 52.5 Å². The minimum atomic E-state index is -0.0459. The summed E-state index contributed by atoms with van der Waals surface area (Å²) in [6, 6.07) is -0.0459. The van der Waals surface area contributed by atoms with Crippen molar-refractivity contribution in [2.75, 3.05) is 13.6 Å². The van der Waals surface area contributed by atoms with Gasteiger partial charge in [0.25, 0.3) is 0 Å². The van der Waals surface area contributed by atoms with Crippen LogP contribution in [0.15, 0.2) is 17.8 Å². The average molecular weight is 254 g/mol. The molecule has 0 aliphatic carbocycles. The van der Waals surface area contributed by atoms with E-state index in [-0.39, 0.29) is 38.7 Å². The summed E-state index contributed by atoms with van der Waals surface area (Å²) in [5.74, 6) is 0. The molecule has 1 rings (SSSR count). The van der Waals surface area contributed by atoms with Crippen LogP contribution >= 0.6 is 0 Å². The van der Waals surface area contributed by atoms with Crippen molar-refractivity contribution in [2.45, 2.75) is 12.8 Å². The predicted octanol–water partition coefficient (Wildman–Crippen LogP) is 1.29. The Balaban J connectivity index is 0.00000144. The number of likely N-dealkylation sites (N-methyl/N-ethyl adjacent to an activating group) is 1. The molecule has 1 aliphatic heterocycles. The fourth-order valence-electron chi connectivity index (χ4n) is 1.12. The number of hydrogen-bond acceptors (Lipinski definition) is 1. The number of carbonyl (C=O) groups excluding carboxylic acids is 1. The third-order valence-electron chi connectivity index (χ3n) is 1.82. The second kappa shape index (κ2) is 6.33. The van der Waals surface area contributed by atoms with Crippen LogP contribution in [-0.2, 0) is 32.7 Å². The van der Waals surface area contributed by atoms with Crippen LogP contribution in [0.3, 0.4) is 0 Å². The molecule has 0 fully saturated rings. The van der Waals surface area contributed by atoms with Crippen molar-refractivity contribution in [3.05, 3.63) is 24.4 Å². The second-order valence-electron chi connectivity index (χ2n) is 2.88. The van der Waals surface area contributed by atoms with Crippen LogP contribution in [0.5, 0.6) is 0 Å². The summed E-state index contributed by atoms with van der Waals surface area (Å²) >= 11 is 0. The zero-order valence-corrected chi connectivity index (χ0v) is 10.6. The fraction of sp³-hybridized carbons (Fsp3) is 0.444. The molecule has 0 atom stereocenters. The smallest absolute Gasteiger partial charge is 0.321 e. The van der Waals surface area contributed by atoms with Gasteiger partial charge in [0.1, 0.15) is 0 Å². The van der Waals surface area contributed by atoms with Crippen molar-refractivity contribution in [3.8, 4) is 0 Å². The minimum Gasteiger partial charge on any atom is -0.518 e. The van der Waals surface area contributed by atoms with Gasteiger partial charge >= 0.3 is 6.03 Å². The molecule has 0 unspecified atom stereocenters. The van der Waals surface area contributed by atoms with E-state index in [4.69, 9.17) is 6.58 Å². The molecule has 0 saturated heterocycles. The van der Waals surface area contributed by atoms with Gasteiger partial charge in [-0.3, -0.25) is 6.08 Å². The van der Waals surface area contributed by atoms with Crippen molar-refractivity contribution in [1.29, 1.82) is 0 Å².